The van der Waals surface area contributed by atoms with Gasteiger partial charge in [-0.1, -0.05) is 231 Å². The fourth-order valence-corrected chi connectivity index (χ4v) is 7.73. The number of hydrogen-bond donors (Lipinski definition) is 3. The predicted octanol–water partition coefficient (Wildman–Crippen LogP) is 15.1. The number of aliphatic hydroxyl groups is 2. The van der Waals surface area contributed by atoms with E-state index in [-0.39, 0.29) is 18.5 Å². The van der Waals surface area contributed by atoms with Crippen LogP contribution in [-0.4, -0.2) is 47.4 Å². The molecule has 2 atom stereocenters. The lowest BCUT2D eigenvalue weighted by Crippen LogP contribution is -2.45. The molecule has 0 aromatic heterocycles. The molecular formula is C52H99NO5. The summed E-state index contributed by atoms with van der Waals surface area (Å²) < 4.78 is 5.45. The molecule has 1 amide bonds. The highest BCUT2D eigenvalue weighted by Crippen LogP contribution is 2.16. The highest BCUT2D eigenvalue weighted by Gasteiger charge is 2.18. The van der Waals surface area contributed by atoms with Crippen molar-refractivity contribution < 1.29 is 24.5 Å². The number of hydrogen-bond acceptors (Lipinski definition) is 5. The number of nitrogens with one attached hydrogen (secondary N) is 1. The van der Waals surface area contributed by atoms with Crippen LogP contribution in [0.25, 0.3) is 0 Å². The molecule has 0 fully saturated rings. The molecule has 58 heavy (non-hydrogen) atoms. The zero-order valence-electron chi connectivity index (χ0n) is 38.8. The number of ether oxygens (including phenoxy) is 1. The Balaban J connectivity index is 3.40. The molecule has 0 spiro atoms. The van der Waals surface area contributed by atoms with Crippen molar-refractivity contribution in [3.8, 4) is 0 Å². The van der Waals surface area contributed by atoms with Gasteiger partial charge in [-0.15, -0.1) is 0 Å². The normalized spacial score (nSPS) is 12.8. The summed E-state index contributed by atoms with van der Waals surface area (Å²) in [6.45, 7) is 4.84. The highest BCUT2D eigenvalue weighted by atomic mass is 16.5. The third-order valence-electron chi connectivity index (χ3n) is 11.7. The Morgan fingerprint density at radius 3 is 1.28 bits per heavy atom. The molecule has 0 aliphatic carbocycles. The van der Waals surface area contributed by atoms with E-state index >= 15 is 0 Å². The number of carbonyl (C=O) groups is 2. The van der Waals surface area contributed by atoms with Gasteiger partial charge < -0.3 is 20.3 Å². The molecule has 0 aliphatic rings. The first-order valence-electron chi connectivity index (χ1n) is 25.6. The van der Waals surface area contributed by atoms with Crippen molar-refractivity contribution in [3.63, 3.8) is 0 Å². The van der Waals surface area contributed by atoms with Gasteiger partial charge in [-0.05, 0) is 51.4 Å². The summed E-state index contributed by atoms with van der Waals surface area (Å²) in [5, 5.41) is 22.9. The zero-order valence-corrected chi connectivity index (χ0v) is 38.8. The minimum absolute atomic E-state index is 0.00177. The maximum atomic E-state index is 12.4. The molecule has 3 N–H and O–H groups in total. The van der Waals surface area contributed by atoms with Crippen LogP contribution in [0.3, 0.4) is 0 Å². The van der Waals surface area contributed by atoms with E-state index in [4.69, 9.17) is 4.74 Å². The Morgan fingerprint density at radius 2 is 0.828 bits per heavy atom. The fourth-order valence-electron chi connectivity index (χ4n) is 7.73. The Morgan fingerprint density at radius 1 is 0.466 bits per heavy atom. The van der Waals surface area contributed by atoms with Crippen LogP contribution in [-0.2, 0) is 14.3 Å². The van der Waals surface area contributed by atoms with E-state index in [0.717, 1.165) is 44.9 Å². The number of allylic oxidation sites excluding steroid dienone is 3. The van der Waals surface area contributed by atoms with Gasteiger partial charge in [0, 0.05) is 12.8 Å². The van der Waals surface area contributed by atoms with Gasteiger partial charge in [0.25, 0.3) is 0 Å². The number of rotatable bonds is 47. The van der Waals surface area contributed by atoms with Gasteiger partial charge in [0.05, 0.1) is 25.4 Å². The van der Waals surface area contributed by atoms with Crippen LogP contribution in [0.15, 0.2) is 24.3 Å². The summed E-state index contributed by atoms with van der Waals surface area (Å²) in [5.74, 6) is -0.0739. The van der Waals surface area contributed by atoms with Gasteiger partial charge in [0.2, 0.25) is 5.91 Å². The quantitative estimate of drug-likeness (QED) is 0.0323. The number of unbranched alkanes of at least 4 members (excludes halogenated alkanes) is 34. The van der Waals surface area contributed by atoms with Crippen molar-refractivity contribution in [1.82, 2.24) is 5.32 Å². The molecular weight excluding hydrogens is 719 g/mol. The van der Waals surface area contributed by atoms with Gasteiger partial charge >= 0.3 is 5.97 Å². The van der Waals surface area contributed by atoms with Crippen LogP contribution in [0.4, 0.5) is 0 Å². The summed E-state index contributed by atoms with van der Waals surface area (Å²) >= 11 is 0. The molecule has 342 valence electrons. The van der Waals surface area contributed by atoms with Crippen molar-refractivity contribution in [2.45, 2.75) is 283 Å². The zero-order chi connectivity index (χ0) is 42.3. The average Bonchev–Trinajstić information content (AvgIpc) is 3.22. The number of aliphatic hydroxyl groups excluding tert-OH is 2. The largest absolute Gasteiger partial charge is 0.466 e. The van der Waals surface area contributed by atoms with Gasteiger partial charge in [-0.25, -0.2) is 0 Å². The van der Waals surface area contributed by atoms with E-state index in [1.165, 1.54) is 199 Å². The molecule has 0 aliphatic heterocycles. The van der Waals surface area contributed by atoms with Gasteiger partial charge in [0.15, 0.2) is 0 Å². The minimum Gasteiger partial charge on any atom is -0.466 e. The molecule has 0 aromatic rings. The standard InChI is InChI=1S/C52H99NO5/c1-3-5-7-9-11-13-25-30-34-38-42-46-52(57)58-47-43-39-35-31-27-24-22-20-18-16-15-17-19-21-23-26-29-33-37-41-45-51(56)53-49(48-54)50(55)44-40-36-32-28-14-12-10-8-6-4-2/h9,11,40,44,49-50,54-55H,3-8,10,12-39,41-43,45-48H2,1-2H3,(H,53,56)/b11-9-,44-40+. The van der Waals surface area contributed by atoms with Crippen LogP contribution in [0.1, 0.15) is 271 Å². The molecule has 0 saturated heterocycles. The second kappa shape index (κ2) is 48.0. The van der Waals surface area contributed by atoms with E-state index in [1.807, 2.05) is 6.08 Å². The van der Waals surface area contributed by atoms with Crippen LogP contribution < -0.4 is 5.32 Å². The molecule has 0 bridgehead atoms. The molecule has 2 unspecified atom stereocenters. The van der Waals surface area contributed by atoms with Crippen LogP contribution in [0, 0.1) is 0 Å². The number of carbonyl (C=O) groups excluding carboxylic acids is 2. The first-order chi connectivity index (χ1) is 28.5. The van der Waals surface area contributed by atoms with Gasteiger partial charge in [-0.3, -0.25) is 9.59 Å². The first kappa shape index (κ1) is 56.3. The molecule has 0 heterocycles. The van der Waals surface area contributed by atoms with E-state index in [0.29, 0.717) is 19.4 Å². The molecule has 0 saturated carbocycles. The maximum absolute atomic E-state index is 12.4. The predicted molar refractivity (Wildman–Crippen MR) is 250 cm³/mol. The van der Waals surface area contributed by atoms with Crippen molar-refractivity contribution in [2.75, 3.05) is 13.2 Å². The lowest BCUT2D eigenvalue weighted by Gasteiger charge is -2.20. The van der Waals surface area contributed by atoms with Crippen LogP contribution in [0.2, 0.25) is 0 Å². The van der Waals surface area contributed by atoms with E-state index in [2.05, 4.69) is 31.3 Å². The molecule has 6 heteroatoms. The molecule has 6 nitrogen and oxygen atoms in total. The lowest BCUT2D eigenvalue weighted by atomic mass is 10.0. The third kappa shape index (κ3) is 43.9. The summed E-state index contributed by atoms with van der Waals surface area (Å²) in [6.07, 6.45) is 56.1. The SMILES string of the molecule is CCCC/C=C\CCCCCCCC(=O)OCCCCCCCCCCCCCCCCCCCCCCC(=O)NC(CO)C(O)/C=C/CCCCCCCCCC. The van der Waals surface area contributed by atoms with E-state index < -0.39 is 12.1 Å². The summed E-state index contributed by atoms with van der Waals surface area (Å²) in [5.41, 5.74) is 0. The summed E-state index contributed by atoms with van der Waals surface area (Å²) in [7, 11) is 0. The third-order valence-corrected chi connectivity index (χ3v) is 11.7. The topological polar surface area (TPSA) is 95.9 Å². The Hall–Kier alpha value is -1.66. The maximum Gasteiger partial charge on any atom is 0.305 e. The van der Waals surface area contributed by atoms with Crippen molar-refractivity contribution in [3.05, 3.63) is 24.3 Å². The number of esters is 1. The molecule has 0 radical (unpaired) electrons. The van der Waals surface area contributed by atoms with Crippen LogP contribution >= 0.6 is 0 Å². The Labute approximate surface area is 361 Å². The fraction of sp³-hybridized carbons (Fsp3) is 0.885. The first-order valence-corrected chi connectivity index (χ1v) is 25.6. The lowest BCUT2D eigenvalue weighted by molar-refractivity contribution is -0.143. The van der Waals surface area contributed by atoms with E-state index in [1.54, 1.807) is 6.08 Å². The van der Waals surface area contributed by atoms with Crippen molar-refractivity contribution >= 4 is 11.9 Å². The monoisotopic (exact) mass is 818 g/mol. The van der Waals surface area contributed by atoms with Gasteiger partial charge in [-0.2, -0.15) is 0 Å². The number of amides is 1. The van der Waals surface area contributed by atoms with Crippen molar-refractivity contribution in [1.29, 1.82) is 0 Å². The van der Waals surface area contributed by atoms with E-state index in [9.17, 15) is 19.8 Å². The average molecular weight is 818 g/mol. The Bertz CT molecular complexity index is 904. The molecule has 0 rings (SSSR count). The summed E-state index contributed by atoms with van der Waals surface area (Å²) in [4.78, 5) is 24.3. The smallest absolute Gasteiger partial charge is 0.305 e. The second-order valence-corrected chi connectivity index (χ2v) is 17.5. The Kier molecular flexibility index (Phi) is 46.6. The van der Waals surface area contributed by atoms with Crippen LogP contribution in [0.5, 0.6) is 0 Å². The minimum atomic E-state index is -0.843. The van der Waals surface area contributed by atoms with Crippen molar-refractivity contribution in [2.24, 2.45) is 0 Å². The second-order valence-electron chi connectivity index (χ2n) is 17.5. The highest BCUT2D eigenvalue weighted by molar-refractivity contribution is 5.76. The molecule has 0 aromatic carbocycles. The van der Waals surface area contributed by atoms with Gasteiger partial charge in [0.1, 0.15) is 0 Å². The summed E-state index contributed by atoms with van der Waals surface area (Å²) in [6, 6.07) is -0.627.